The van der Waals surface area contributed by atoms with Crippen molar-refractivity contribution in [1.29, 1.82) is 0 Å². The Morgan fingerprint density at radius 1 is 1.35 bits per heavy atom. The van der Waals surface area contributed by atoms with Gasteiger partial charge in [-0.1, -0.05) is 11.6 Å². The molecular weight excluding hydrogens is 447 g/mol. The Morgan fingerprint density at radius 3 is 2.65 bits per heavy atom. The fourth-order valence-corrected chi connectivity index (χ4v) is 3.19. The van der Waals surface area contributed by atoms with Crippen LogP contribution >= 0.6 is 11.6 Å². The molecule has 0 saturated carbocycles. The third-order valence-corrected chi connectivity index (χ3v) is 5.05. The molecule has 0 fully saturated rings. The van der Waals surface area contributed by atoms with Crippen LogP contribution in [0.25, 0.3) is 0 Å². The maximum absolute atomic E-state index is 14.5. The van der Waals surface area contributed by atoms with Crippen molar-refractivity contribution in [1.82, 2.24) is 9.97 Å². The van der Waals surface area contributed by atoms with E-state index in [4.69, 9.17) is 17.3 Å². The predicted octanol–water partition coefficient (Wildman–Crippen LogP) is 4.00. The summed E-state index contributed by atoms with van der Waals surface area (Å²) in [5.41, 5.74) is 1.31. The summed E-state index contributed by atoms with van der Waals surface area (Å²) >= 11 is 5.91. The van der Waals surface area contributed by atoms with Crippen molar-refractivity contribution in [3.8, 4) is 0 Å². The maximum atomic E-state index is 14.5. The van der Waals surface area contributed by atoms with E-state index in [1.54, 1.807) is 0 Å². The van der Waals surface area contributed by atoms with Crippen LogP contribution in [-0.4, -0.2) is 34.3 Å². The lowest BCUT2D eigenvalue weighted by molar-refractivity contribution is -0.118. The first kappa shape index (κ1) is 22.9. The van der Waals surface area contributed by atoms with Gasteiger partial charge in [0.15, 0.2) is 17.9 Å². The lowest BCUT2D eigenvalue weighted by atomic mass is 9.88. The summed E-state index contributed by atoms with van der Waals surface area (Å²) in [5, 5.41) is -0.313. The minimum Gasteiger partial charge on any atom is -0.459 e. The molecule has 6 nitrogen and oxygen atoms in total. The molecule has 0 spiro atoms. The largest absolute Gasteiger partial charge is 0.459 e. The number of ketones is 1. The average molecular weight is 463 g/mol. The van der Waals surface area contributed by atoms with Gasteiger partial charge in [-0.15, -0.1) is 0 Å². The smallest absolute Gasteiger partial charge is 0.311 e. The molecule has 12 heteroatoms. The lowest BCUT2D eigenvalue weighted by Crippen LogP contribution is -2.51. The SMILES string of the molecule is CC(F)(F)c1cnc(C(=O)Cc2ccc(F)c([C@@]3(C)N=C(N)OCC3(F)F)n2)c(Cl)c1. The summed E-state index contributed by atoms with van der Waals surface area (Å²) in [6.07, 6.45) is 0.308. The molecular formula is C19H16ClF5N4O2. The van der Waals surface area contributed by atoms with Gasteiger partial charge in [-0.25, -0.2) is 18.2 Å². The Kier molecular flexibility index (Phi) is 5.68. The standard InChI is InChI=1S/C19H16ClF5N4O2/c1-17(19(24,25)8-31-16(26)29-17)15-12(21)4-3-10(28-15)6-13(30)14-11(20)5-9(7-27-14)18(2,22)23/h3-5,7H,6,8H2,1-2H3,(H2,26,29)/t17-/m1/s1. The zero-order chi connectivity index (χ0) is 23.2. The van der Waals surface area contributed by atoms with E-state index < -0.39 is 59.3 Å². The van der Waals surface area contributed by atoms with Gasteiger partial charge in [-0.2, -0.15) is 8.78 Å². The topological polar surface area (TPSA) is 90.5 Å². The number of Topliss-reactive ketones (excluding diaryl/α,β-unsaturated/α-hetero) is 1. The monoisotopic (exact) mass is 462 g/mol. The summed E-state index contributed by atoms with van der Waals surface area (Å²) in [6, 6.07) is 2.34. The highest BCUT2D eigenvalue weighted by Crippen LogP contribution is 2.43. The molecule has 0 amide bonds. The Morgan fingerprint density at radius 2 is 2.03 bits per heavy atom. The van der Waals surface area contributed by atoms with E-state index in [0.29, 0.717) is 6.92 Å². The van der Waals surface area contributed by atoms with E-state index in [9.17, 15) is 26.7 Å². The van der Waals surface area contributed by atoms with Gasteiger partial charge >= 0.3 is 5.92 Å². The summed E-state index contributed by atoms with van der Waals surface area (Å²) < 4.78 is 74.7. The van der Waals surface area contributed by atoms with Crippen molar-refractivity contribution in [3.63, 3.8) is 0 Å². The molecule has 3 heterocycles. The number of halogens is 6. The maximum Gasteiger partial charge on any atom is 0.311 e. The van der Waals surface area contributed by atoms with Crippen molar-refractivity contribution < 1.29 is 31.5 Å². The second-order valence-corrected chi connectivity index (χ2v) is 7.60. The van der Waals surface area contributed by atoms with Crippen molar-refractivity contribution in [2.24, 2.45) is 10.7 Å². The molecule has 1 aliphatic rings. The van der Waals surface area contributed by atoms with E-state index >= 15 is 0 Å². The molecule has 3 rings (SSSR count). The zero-order valence-electron chi connectivity index (χ0n) is 16.2. The van der Waals surface area contributed by atoms with Gasteiger partial charge in [-0.3, -0.25) is 14.8 Å². The molecule has 0 aliphatic carbocycles. The Balaban J connectivity index is 1.94. The first-order valence-corrected chi connectivity index (χ1v) is 9.21. The Bertz CT molecular complexity index is 1070. The van der Waals surface area contributed by atoms with Gasteiger partial charge in [-0.05, 0) is 25.1 Å². The van der Waals surface area contributed by atoms with Gasteiger partial charge in [0.25, 0.3) is 11.9 Å². The molecule has 2 N–H and O–H groups in total. The summed E-state index contributed by atoms with van der Waals surface area (Å²) in [5.74, 6) is -8.66. The summed E-state index contributed by atoms with van der Waals surface area (Å²) in [4.78, 5) is 23.6. The van der Waals surface area contributed by atoms with Gasteiger partial charge in [0.2, 0.25) is 0 Å². The highest BCUT2D eigenvalue weighted by Gasteiger charge is 2.57. The van der Waals surface area contributed by atoms with Crippen LogP contribution in [0.15, 0.2) is 29.4 Å². The molecule has 2 aromatic heterocycles. The molecule has 166 valence electrons. The minimum atomic E-state index is -3.64. The Hall–Kier alpha value is -2.82. The van der Waals surface area contributed by atoms with Gasteiger partial charge in [0, 0.05) is 24.4 Å². The molecule has 0 bridgehead atoms. The predicted molar refractivity (Wildman–Crippen MR) is 101 cm³/mol. The van der Waals surface area contributed by atoms with Crippen LogP contribution in [0.4, 0.5) is 22.0 Å². The number of hydrogen-bond acceptors (Lipinski definition) is 6. The van der Waals surface area contributed by atoms with Crippen molar-refractivity contribution in [2.75, 3.05) is 6.61 Å². The van der Waals surface area contributed by atoms with Crippen molar-refractivity contribution in [2.45, 2.75) is 37.7 Å². The molecule has 31 heavy (non-hydrogen) atoms. The number of nitrogens with zero attached hydrogens (tertiary/aromatic N) is 3. The summed E-state index contributed by atoms with van der Waals surface area (Å²) in [7, 11) is 0. The number of pyridine rings is 2. The minimum absolute atomic E-state index is 0.0820. The zero-order valence-corrected chi connectivity index (χ0v) is 17.0. The molecule has 0 saturated heterocycles. The summed E-state index contributed by atoms with van der Waals surface area (Å²) in [6.45, 7) is 0.465. The second kappa shape index (κ2) is 7.70. The second-order valence-electron chi connectivity index (χ2n) is 7.19. The van der Waals surface area contributed by atoms with Crippen LogP contribution in [0.5, 0.6) is 0 Å². The number of nitrogens with two attached hydrogens (primary N) is 1. The van der Waals surface area contributed by atoms with Crippen molar-refractivity contribution in [3.05, 3.63) is 57.9 Å². The number of ether oxygens (including phenoxy) is 1. The van der Waals surface area contributed by atoms with Gasteiger partial charge in [0.1, 0.15) is 17.2 Å². The average Bonchev–Trinajstić information content (AvgIpc) is 2.66. The van der Waals surface area contributed by atoms with Crippen LogP contribution in [0.2, 0.25) is 5.02 Å². The Labute approximate surface area is 178 Å². The third kappa shape index (κ3) is 4.32. The van der Waals surface area contributed by atoms with Crippen LogP contribution in [-0.2, 0) is 22.6 Å². The number of amidine groups is 1. The highest BCUT2D eigenvalue weighted by molar-refractivity contribution is 6.33. The number of hydrogen-bond donors (Lipinski definition) is 1. The van der Waals surface area contributed by atoms with E-state index in [0.717, 1.165) is 31.3 Å². The van der Waals surface area contributed by atoms with Crippen LogP contribution < -0.4 is 5.73 Å². The van der Waals surface area contributed by atoms with Gasteiger partial charge in [0.05, 0.1) is 11.4 Å². The molecule has 0 unspecified atom stereocenters. The fourth-order valence-electron chi connectivity index (χ4n) is 2.92. The van der Waals surface area contributed by atoms with Gasteiger partial charge < -0.3 is 10.5 Å². The van der Waals surface area contributed by atoms with Crippen molar-refractivity contribution >= 4 is 23.4 Å². The third-order valence-electron chi connectivity index (χ3n) is 4.77. The quantitative estimate of drug-likeness (QED) is 0.536. The number of aliphatic imine (C=N–C) groups is 1. The fraction of sp³-hybridized carbons (Fsp3) is 0.368. The van der Waals surface area contributed by atoms with Crippen LogP contribution in [0.1, 0.15) is 41.3 Å². The molecule has 0 aromatic carbocycles. The normalized spacial score (nSPS) is 20.7. The van der Waals surface area contributed by atoms with E-state index in [2.05, 4.69) is 19.7 Å². The lowest BCUT2D eigenvalue weighted by Gasteiger charge is -2.36. The highest BCUT2D eigenvalue weighted by atomic mass is 35.5. The van der Waals surface area contributed by atoms with E-state index in [1.807, 2.05) is 0 Å². The van der Waals surface area contributed by atoms with Crippen LogP contribution in [0.3, 0.4) is 0 Å². The number of carbonyl (C=O) groups is 1. The number of carbonyl (C=O) groups excluding carboxylic acids is 1. The van der Waals surface area contributed by atoms with Crippen LogP contribution in [0, 0.1) is 5.82 Å². The molecule has 0 radical (unpaired) electrons. The first-order chi connectivity index (χ1) is 14.2. The molecule has 1 atom stereocenters. The number of aromatic nitrogens is 2. The first-order valence-electron chi connectivity index (χ1n) is 8.83. The van der Waals surface area contributed by atoms with E-state index in [-0.39, 0.29) is 16.4 Å². The number of alkyl halides is 4. The van der Waals surface area contributed by atoms with E-state index in [1.165, 1.54) is 0 Å². The number of rotatable bonds is 5. The molecule has 1 aliphatic heterocycles. The molecule has 2 aromatic rings.